The summed E-state index contributed by atoms with van der Waals surface area (Å²) in [5, 5.41) is 13.7. The van der Waals surface area contributed by atoms with Crippen LogP contribution in [-0.4, -0.2) is 54.9 Å². The van der Waals surface area contributed by atoms with Gasteiger partial charge in [-0.05, 0) is 37.8 Å². The fraction of sp³-hybridized carbons (Fsp3) is 0.700. The van der Waals surface area contributed by atoms with E-state index in [2.05, 4.69) is 15.2 Å². The second-order valence-corrected chi connectivity index (χ2v) is 7.66. The van der Waals surface area contributed by atoms with Gasteiger partial charge < -0.3 is 20.1 Å². The first-order valence-corrected chi connectivity index (χ1v) is 9.79. The molecule has 1 aliphatic carbocycles. The molecule has 144 valence electrons. The zero-order valence-corrected chi connectivity index (χ0v) is 15.9. The third-order valence-electron chi connectivity index (χ3n) is 5.73. The average Bonchev–Trinajstić information content (AvgIpc) is 2.68. The predicted octanol–water partition coefficient (Wildman–Crippen LogP) is 2.29. The Morgan fingerprint density at radius 1 is 1.35 bits per heavy atom. The number of anilines is 1. The van der Waals surface area contributed by atoms with Crippen molar-refractivity contribution in [1.29, 1.82) is 0 Å². The Hall–Kier alpha value is -1.66. The first kappa shape index (κ1) is 19.1. The van der Waals surface area contributed by atoms with Gasteiger partial charge in [-0.25, -0.2) is 9.78 Å². The first-order chi connectivity index (χ1) is 12.6. The van der Waals surface area contributed by atoms with E-state index in [9.17, 15) is 9.90 Å². The molecule has 2 heterocycles. The molecule has 2 N–H and O–H groups in total. The van der Waals surface area contributed by atoms with E-state index >= 15 is 0 Å². The Kier molecular flexibility index (Phi) is 6.48. The number of aliphatic hydroxyl groups excluding tert-OH is 1. The molecule has 1 aromatic rings. The standard InChI is InChI=1S/C20H31N3O3/c1-14-10-17(20(25)26-2)19(21-11-14)23-9-8-18(15(12-23)13-24)22-16-6-4-3-5-7-16/h10-11,15-16,18,22,24H,3-9,12-13H2,1-2H3. The number of nitrogens with one attached hydrogen (secondary N) is 1. The summed E-state index contributed by atoms with van der Waals surface area (Å²) in [7, 11) is 1.39. The van der Waals surface area contributed by atoms with Crippen LogP contribution in [0.1, 0.15) is 54.4 Å². The van der Waals surface area contributed by atoms with Gasteiger partial charge in [-0.2, -0.15) is 0 Å². The number of aryl methyl sites for hydroxylation is 1. The van der Waals surface area contributed by atoms with Crippen molar-refractivity contribution < 1.29 is 14.6 Å². The number of nitrogens with zero attached hydrogens (tertiary/aromatic N) is 2. The van der Waals surface area contributed by atoms with Crippen molar-refractivity contribution in [3.63, 3.8) is 0 Å². The maximum Gasteiger partial charge on any atom is 0.341 e. The zero-order valence-electron chi connectivity index (χ0n) is 15.9. The lowest BCUT2D eigenvalue weighted by molar-refractivity contribution is 0.0600. The van der Waals surface area contributed by atoms with Gasteiger partial charge in [0.25, 0.3) is 0 Å². The van der Waals surface area contributed by atoms with E-state index in [1.54, 1.807) is 6.20 Å². The fourth-order valence-corrected chi connectivity index (χ4v) is 4.28. The van der Waals surface area contributed by atoms with Crippen LogP contribution >= 0.6 is 0 Å². The molecule has 2 fully saturated rings. The number of esters is 1. The Morgan fingerprint density at radius 2 is 2.12 bits per heavy atom. The van der Waals surface area contributed by atoms with Crippen LogP contribution in [0.15, 0.2) is 12.3 Å². The van der Waals surface area contributed by atoms with Crippen LogP contribution < -0.4 is 10.2 Å². The van der Waals surface area contributed by atoms with Crippen LogP contribution in [0.2, 0.25) is 0 Å². The molecular weight excluding hydrogens is 330 g/mol. The van der Waals surface area contributed by atoms with Crippen molar-refractivity contribution in [3.05, 3.63) is 23.4 Å². The Bertz CT molecular complexity index is 616. The number of aromatic nitrogens is 1. The van der Waals surface area contributed by atoms with E-state index in [-0.39, 0.29) is 18.5 Å². The molecule has 0 amide bonds. The van der Waals surface area contributed by atoms with Crippen molar-refractivity contribution in [1.82, 2.24) is 10.3 Å². The van der Waals surface area contributed by atoms with Crippen molar-refractivity contribution in [2.24, 2.45) is 5.92 Å². The summed E-state index contributed by atoms with van der Waals surface area (Å²) in [6.45, 7) is 3.57. The molecule has 26 heavy (non-hydrogen) atoms. The van der Waals surface area contributed by atoms with Gasteiger partial charge in [-0.15, -0.1) is 0 Å². The van der Waals surface area contributed by atoms with Crippen molar-refractivity contribution in [2.75, 3.05) is 31.7 Å². The van der Waals surface area contributed by atoms with Crippen LogP contribution in [0.4, 0.5) is 5.82 Å². The first-order valence-electron chi connectivity index (χ1n) is 9.79. The van der Waals surface area contributed by atoms with Crippen molar-refractivity contribution >= 4 is 11.8 Å². The quantitative estimate of drug-likeness (QED) is 0.784. The van der Waals surface area contributed by atoms with Gasteiger partial charge >= 0.3 is 5.97 Å². The SMILES string of the molecule is COC(=O)c1cc(C)cnc1N1CCC(NC2CCCCC2)C(CO)C1. The number of ether oxygens (including phenoxy) is 1. The van der Waals surface area contributed by atoms with Gasteiger partial charge in [0.15, 0.2) is 0 Å². The number of aliphatic hydroxyl groups is 1. The largest absolute Gasteiger partial charge is 0.465 e. The maximum absolute atomic E-state index is 12.2. The highest BCUT2D eigenvalue weighted by molar-refractivity contribution is 5.95. The maximum atomic E-state index is 12.2. The topological polar surface area (TPSA) is 74.7 Å². The number of hydrogen-bond acceptors (Lipinski definition) is 6. The van der Waals surface area contributed by atoms with Crippen LogP contribution in [0, 0.1) is 12.8 Å². The molecule has 1 aromatic heterocycles. The zero-order chi connectivity index (χ0) is 18.5. The summed E-state index contributed by atoms with van der Waals surface area (Å²) in [5.74, 6) is 0.440. The van der Waals surface area contributed by atoms with Gasteiger partial charge in [0.1, 0.15) is 11.4 Å². The van der Waals surface area contributed by atoms with E-state index in [4.69, 9.17) is 4.74 Å². The third-order valence-corrected chi connectivity index (χ3v) is 5.73. The lowest BCUT2D eigenvalue weighted by Crippen LogP contribution is -2.54. The number of hydrogen-bond donors (Lipinski definition) is 2. The lowest BCUT2D eigenvalue weighted by Gasteiger charge is -2.41. The Morgan fingerprint density at radius 3 is 2.81 bits per heavy atom. The van der Waals surface area contributed by atoms with Gasteiger partial charge in [-0.3, -0.25) is 0 Å². The second-order valence-electron chi connectivity index (χ2n) is 7.66. The number of methoxy groups -OCH3 is 1. The molecule has 0 spiro atoms. The average molecular weight is 361 g/mol. The van der Waals surface area contributed by atoms with E-state index < -0.39 is 0 Å². The highest BCUT2D eigenvalue weighted by Gasteiger charge is 2.32. The molecule has 0 radical (unpaired) electrons. The molecule has 3 rings (SSSR count). The predicted molar refractivity (Wildman–Crippen MR) is 102 cm³/mol. The van der Waals surface area contributed by atoms with E-state index in [0.29, 0.717) is 30.0 Å². The summed E-state index contributed by atoms with van der Waals surface area (Å²) in [5.41, 5.74) is 1.43. The van der Waals surface area contributed by atoms with Crippen molar-refractivity contribution in [2.45, 2.75) is 57.5 Å². The normalized spacial score (nSPS) is 24.5. The minimum absolute atomic E-state index is 0.138. The van der Waals surface area contributed by atoms with E-state index in [0.717, 1.165) is 18.5 Å². The highest BCUT2D eigenvalue weighted by atomic mass is 16.5. The Labute approximate surface area is 155 Å². The third kappa shape index (κ3) is 4.35. The second kappa shape index (κ2) is 8.82. The molecular formula is C20H31N3O3. The molecule has 6 nitrogen and oxygen atoms in total. The molecule has 1 aliphatic heterocycles. The summed E-state index contributed by atoms with van der Waals surface area (Å²) in [6.07, 6.45) is 9.15. The molecule has 6 heteroatoms. The molecule has 2 aliphatic rings. The summed E-state index contributed by atoms with van der Waals surface area (Å²) >= 11 is 0. The minimum Gasteiger partial charge on any atom is -0.465 e. The fourth-order valence-electron chi connectivity index (χ4n) is 4.28. The highest BCUT2D eigenvalue weighted by Crippen LogP contribution is 2.27. The summed E-state index contributed by atoms with van der Waals surface area (Å²) < 4.78 is 4.93. The number of carbonyl (C=O) groups is 1. The smallest absolute Gasteiger partial charge is 0.341 e. The van der Waals surface area contributed by atoms with Gasteiger partial charge in [0.2, 0.25) is 0 Å². The van der Waals surface area contributed by atoms with Crippen LogP contribution in [0.3, 0.4) is 0 Å². The molecule has 2 unspecified atom stereocenters. The van der Waals surface area contributed by atoms with E-state index in [1.165, 1.54) is 39.2 Å². The van der Waals surface area contributed by atoms with Gasteiger partial charge in [-0.1, -0.05) is 19.3 Å². The van der Waals surface area contributed by atoms with Gasteiger partial charge in [0, 0.05) is 43.9 Å². The molecule has 0 aromatic carbocycles. The van der Waals surface area contributed by atoms with Crippen LogP contribution in [0.25, 0.3) is 0 Å². The summed E-state index contributed by atoms with van der Waals surface area (Å²) in [4.78, 5) is 18.8. The number of carbonyl (C=O) groups excluding carboxylic acids is 1. The lowest BCUT2D eigenvalue weighted by atomic mass is 9.89. The van der Waals surface area contributed by atoms with Gasteiger partial charge in [0.05, 0.1) is 7.11 Å². The number of pyridine rings is 1. The number of piperidine rings is 1. The molecule has 1 saturated heterocycles. The molecule has 2 atom stereocenters. The molecule has 1 saturated carbocycles. The van der Waals surface area contributed by atoms with Crippen LogP contribution in [0.5, 0.6) is 0 Å². The monoisotopic (exact) mass is 361 g/mol. The Balaban J connectivity index is 1.71. The van der Waals surface area contributed by atoms with Crippen molar-refractivity contribution in [3.8, 4) is 0 Å². The van der Waals surface area contributed by atoms with E-state index in [1.807, 2.05) is 13.0 Å². The molecule has 0 bridgehead atoms. The minimum atomic E-state index is -0.362. The number of rotatable bonds is 5. The van der Waals surface area contributed by atoms with Crippen LogP contribution in [-0.2, 0) is 4.74 Å². The summed E-state index contributed by atoms with van der Waals surface area (Å²) in [6, 6.07) is 2.73.